The van der Waals surface area contributed by atoms with Crippen LogP contribution >= 0.6 is 0 Å². The Morgan fingerprint density at radius 3 is 2.80 bits per heavy atom. The van der Waals surface area contributed by atoms with Crippen LogP contribution in [0.25, 0.3) is 0 Å². The summed E-state index contributed by atoms with van der Waals surface area (Å²) in [5.41, 5.74) is 0.173. The van der Waals surface area contributed by atoms with E-state index < -0.39 is 21.7 Å². The van der Waals surface area contributed by atoms with Crippen molar-refractivity contribution in [2.24, 2.45) is 0 Å². The van der Waals surface area contributed by atoms with E-state index in [1.165, 1.54) is 37.3 Å². The van der Waals surface area contributed by atoms with Gasteiger partial charge in [0.1, 0.15) is 17.4 Å². The third kappa shape index (κ3) is 5.32. The highest BCUT2D eigenvalue weighted by Gasteiger charge is 2.25. The standard InChI is InChI=1S/C20H24FN3O5S/c1-3-9-29-18-6-4-15(30(26,27)24-14-8-10-28-12-14)11-16(18)20(25)23-19-7-5-17(21)13(2)22-19/h4-7,11,14,24H,3,8-10,12H2,1-2H3,(H,22,23,25)/t14-/m0/s1. The summed E-state index contributed by atoms with van der Waals surface area (Å²) in [5, 5.41) is 2.56. The van der Waals surface area contributed by atoms with Crippen molar-refractivity contribution >= 4 is 21.7 Å². The number of amides is 1. The third-order valence-electron chi connectivity index (χ3n) is 4.48. The molecule has 10 heteroatoms. The van der Waals surface area contributed by atoms with Gasteiger partial charge in [0.25, 0.3) is 5.91 Å². The SMILES string of the molecule is CCCOc1ccc(S(=O)(=O)N[C@H]2CCOC2)cc1C(=O)Nc1ccc(F)c(C)n1. The number of aromatic nitrogens is 1. The van der Waals surface area contributed by atoms with Crippen molar-refractivity contribution < 1.29 is 27.1 Å². The van der Waals surface area contributed by atoms with Crippen LogP contribution in [-0.4, -0.2) is 45.2 Å². The van der Waals surface area contributed by atoms with E-state index in [2.05, 4.69) is 15.0 Å². The van der Waals surface area contributed by atoms with Crippen molar-refractivity contribution in [1.29, 1.82) is 0 Å². The van der Waals surface area contributed by atoms with E-state index in [-0.39, 0.29) is 33.8 Å². The molecule has 2 N–H and O–H groups in total. The normalized spacial score (nSPS) is 16.4. The van der Waals surface area contributed by atoms with Crippen LogP contribution in [0.3, 0.4) is 0 Å². The lowest BCUT2D eigenvalue weighted by Crippen LogP contribution is -2.35. The van der Waals surface area contributed by atoms with Crippen LogP contribution in [0, 0.1) is 12.7 Å². The quantitative estimate of drug-likeness (QED) is 0.658. The minimum Gasteiger partial charge on any atom is -0.493 e. The van der Waals surface area contributed by atoms with Crippen LogP contribution in [0.5, 0.6) is 5.75 Å². The van der Waals surface area contributed by atoms with Gasteiger partial charge < -0.3 is 14.8 Å². The molecular weight excluding hydrogens is 413 g/mol. The molecule has 2 aromatic rings. The molecule has 0 saturated carbocycles. The average Bonchev–Trinajstić information content (AvgIpc) is 3.21. The van der Waals surface area contributed by atoms with Gasteiger partial charge in [0.15, 0.2) is 0 Å². The van der Waals surface area contributed by atoms with Gasteiger partial charge in [0, 0.05) is 12.6 Å². The third-order valence-corrected chi connectivity index (χ3v) is 6.00. The number of carbonyl (C=O) groups is 1. The fourth-order valence-corrected chi connectivity index (χ4v) is 4.18. The Morgan fingerprint density at radius 1 is 1.33 bits per heavy atom. The molecule has 1 saturated heterocycles. The Balaban J connectivity index is 1.89. The van der Waals surface area contributed by atoms with Crippen molar-refractivity contribution in [3.05, 3.63) is 47.4 Å². The average molecular weight is 437 g/mol. The maximum atomic E-state index is 13.4. The lowest BCUT2D eigenvalue weighted by atomic mass is 10.2. The second kappa shape index (κ2) is 9.50. The monoisotopic (exact) mass is 437 g/mol. The van der Waals surface area contributed by atoms with Gasteiger partial charge in [-0.15, -0.1) is 0 Å². The molecule has 8 nitrogen and oxygen atoms in total. The Kier molecular flexibility index (Phi) is 7.01. The zero-order chi connectivity index (χ0) is 21.7. The van der Waals surface area contributed by atoms with Crippen LogP contribution in [0.15, 0.2) is 35.2 Å². The predicted octanol–water partition coefficient (Wildman–Crippen LogP) is 2.64. The zero-order valence-corrected chi connectivity index (χ0v) is 17.6. The lowest BCUT2D eigenvalue weighted by Gasteiger charge is -2.15. The first kappa shape index (κ1) is 22.1. The van der Waals surface area contributed by atoms with E-state index in [9.17, 15) is 17.6 Å². The second-order valence-corrected chi connectivity index (χ2v) is 8.62. The molecule has 0 unspecified atom stereocenters. The van der Waals surface area contributed by atoms with Crippen LogP contribution in [0.2, 0.25) is 0 Å². The molecule has 0 aliphatic carbocycles. The first-order chi connectivity index (χ1) is 14.3. The Bertz CT molecular complexity index is 1020. The van der Waals surface area contributed by atoms with Gasteiger partial charge in [0.05, 0.1) is 29.4 Å². The van der Waals surface area contributed by atoms with Crippen LogP contribution < -0.4 is 14.8 Å². The highest BCUT2D eigenvalue weighted by Crippen LogP contribution is 2.25. The molecular formula is C20H24FN3O5S. The molecule has 162 valence electrons. The van der Waals surface area contributed by atoms with Crippen molar-refractivity contribution in [2.75, 3.05) is 25.1 Å². The van der Waals surface area contributed by atoms with E-state index in [4.69, 9.17) is 9.47 Å². The fraction of sp³-hybridized carbons (Fsp3) is 0.400. The summed E-state index contributed by atoms with van der Waals surface area (Å²) in [7, 11) is -3.85. The summed E-state index contributed by atoms with van der Waals surface area (Å²) >= 11 is 0. The van der Waals surface area contributed by atoms with Gasteiger partial charge in [0.2, 0.25) is 10.0 Å². The highest BCUT2D eigenvalue weighted by atomic mass is 32.2. The van der Waals surface area contributed by atoms with Crippen LogP contribution in [-0.2, 0) is 14.8 Å². The number of aryl methyl sites for hydroxylation is 1. The Labute approximate surface area is 174 Å². The maximum absolute atomic E-state index is 13.4. The lowest BCUT2D eigenvalue weighted by molar-refractivity contribution is 0.102. The molecule has 1 aliphatic heterocycles. The number of halogens is 1. The Hall–Kier alpha value is -2.56. The zero-order valence-electron chi connectivity index (χ0n) is 16.8. The smallest absolute Gasteiger partial charge is 0.260 e. The number of sulfonamides is 1. The number of hydrogen-bond donors (Lipinski definition) is 2. The molecule has 1 amide bonds. The molecule has 2 heterocycles. The molecule has 1 aromatic carbocycles. The summed E-state index contributed by atoms with van der Waals surface area (Å²) in [6, 6.07) is 6.31. The van der Waals surface area contributed by atoms with E-state index in [0.717, 1.165) is 0 Å². The van der Waals surface area contributed by atoms with Crippen LogP contribution in [0.1, 0.15) is 35.8 Å². The number of carbonyl (C=O) groups excluding carboxylic acids is 1. The van der Waals surface area contributed by atoms with Gasteiger partial charge in [-0.05, 0) is 50.1 Å². The van der Waals surface area contributed by atoms with Gasteiger partial charge >= 0.3 is 0 Å². The number of anilines is 1. The largest absolute Gasteiger partial charge is 0.493 e. The molecule has 3 rings (SSSR count). The van der Waals surface area contributed by atoms with E-state index in [1.807, 2.05) is 6.92 Å². The number of benzene rings is 1. The molecule has 1 aliphatic rings. The topological polar surface area (TPSA) is 107 Å². The number of nitrogens with zero attached hydrogens (tertiary/aromatic N) is 1. The van der Waals surface area contributed by atoms with Crippen molar-refractivity contribution in [2.45, 2.75) is 37.6 Å². The van der Waals surface area contributed by atoms with E-state index in [0.29, 0.717) is 32.7 Å². The maximum Gasteiger partial charge on any atom is 0.260 e. The van der Waals surface area contributed by atoms with Crippen molar-refractivity contribution in [1.82, 2.24) is 9.71 Å². The predicted molar refractivity (Wildman–Crippen MR) is 109 cm³/mol. The summed E-state index contributed by atoms with van der Waals surface area (Å²) in [6.45, 7) is 4.55. The first-order valence-electron chi connectivity index (χ1n) is 9.61. The number of rotatable bonds is 8. The molecule has 0 spiro atoms. The number of nitrogens with one attached hydrogen (secondary N) is 2. The van der Waals surface area contributed by atoms with Gasteiger partial charge in [-0.3, -0.25) is 4.79 Å². The molecule has 0 radical (unpaired) electrons. The number of hydrogen-bond acceptors (Lipinski definition) is 6. The van der Waals surface area contributed by atoms with Gasteiger partial charge in [-0.1, -0.05) is 6.92 Å². The minimum absolute atomic E-state index is 0.0396. The Morgan fingerprint density at radius 2 is 2.13 bits per heavy atom. The minimum atomic E-state index is -3.85. The summed E-state index contributed by atoms with van der Waals surface area (Å²) < 4.78 is 52.3. The van der Waals surface area contributed by atoms with Crippen molar-refractivity contribution in [3.8, 4) is 5.75 Å². The highest BCUT2D eigenvalue weighted by molar-refractivity contribution is 7.89. The number of pyridine rings is 1. The fourth-order valence-electron chi connectivity index (χ4n) is 2.90. The molecule has 30 heavy (non-hydrogen) atoms. The van der Waals surface area contributed by atoms with Gasteiger partial charge in [-0.25, -0.2) is 22.5 Å². The molecule has 0 bridgehead atoms. The molecule has 1 aromatic heterocycles. The van der Waals surface area contributed by atoms with E-state index in [1.54, 1.807) is 0 Å². The van der Waals surface area contributed by atoms with E-state index >= 15 is 0 Å². The summed E-state index contributed by atoms with van der Waals surface area (Å²) in [6.07, 6.45) is 1.29. The summed E-state index contributed by atoms with van der Waals surface area (Å²) in [4.78, 5) is 16.8. The van der Waals surface area contributed by atoms with Crippen molar-refractivity contribution in [3.63, 3.8) is 0 Å². The second-order valence-electron chi connectivity index (χ2n) is 6.91. The van der Waals surface area contributed by atoms with Crippen LogP contribution in [0.4, 0.5) is 10.2 Å². The van der Waals surface area contributed by atoms with Gasteiger partial charge in [-0.2, -0.15) is 0 Å². The molecule has 1 atom stereocenters. The number of ether oxygens (including phenoxy) is 2. The molecule has 1 fully saturated rings. The summed E-state index contributed by atoms with van der Waals surface area (Å²) in [5.74, 6) is -0.706. The first-order valence-corrected chi connectivity index (χ1v) is 11.1.